The molecule has 0 amide bonds. The Bertz CT molecular complexity index is 115. The van der Waals surface area contributed by atoms with E-state index in [0.717, 1.165) is 0 Å². The fourth-order valence-electron chi connectivity index (χ4n) is 0.906. The highest BCUT2D eigenvalue weighted by atomic mass is 15.1. The van der Waals surface area contributed by atoms with Crippen molar-refractivity contribution in [3.8, 4) is 6.07 Å². The molecule has 1 atom stereocenters. The van der Waals surface area contributed by atoms with Crippen molar-refractivity contribution >= 4 is 0 Å². The van der Waals surface area contributed by atoms with Crippen LogP contribution in [-0.2, 0) is 0 Å². The summed E-state index contributed by atoms with van der Waals surface area (Å²) in [5.41, 5.74) is 0. The van der Waals surface area contributed by atoms with Crippen LogP contribution < -0.4 is 0 Å². The van der Waals surface area contributed by atoms with Crippen molar-refractivity contribution in [2.45, 2.75) is 32.7 Å². The molecule has 0 heterocycles. The van der Waals surface area contributed by atoms with E-state index in [-0.39, 0.29) is 0 Å². The van der Waals surface area contributed by atoms with Crippen molar-refractivity contribution in [2.24, 2.45) is 0 Å². The van der Waals surface area contributed by atoms with E-state index in [4.69, 9.17) is 5.26 Å². The van der Waals surface area contributed by atoms with Crippen molar-refractivity contribution < 1.29 is 0 Å². The highest BCUT2D eigenvalue weighted by Crippen LogP contribution is 2.02. The average Bonchev–Trinajstić information content (AvgIpc) is 1.89. The van der Waals surface area contributed by atoms with E-state index in [1.54, 1.807) is 0 Å². The van der Waals surface area contributed by atoms with Gasteiger partial charge in [-0.15, -0.1) is 0 Å². The Morgan fingerprint density at radius 2 is 2.20 bits per heavy atom. The quantitative estimate of drug-likeness (QED) is 0.555. The minimum Gasteiger partial charge on any atom is -0.291 e. The zero-order chi connectivity index (χ0) is 7.98. The molecule has 0 aliphatic carbocycles. The minimum absolute atomic E-state index is 0.543. The second kappa shape index (κ2) is 5.25. The van der Waals surface area contributed by atoms with Crippen LogP contribution in [0.4, 0.5) is 0 Å². The molecule has 1 unspecified atom stereocenters. The first kappa shape index (κ1) is 9.45. The minimum atomic E-state index is 0.543. The smallest absolute Gasteiger partial charge is 0.0865 e. The highest BCUT2D eigenvalue weighted by molar-refractivity contribution is 4.77. The summed E-state index contributed by atoms with van der Waals surface area (Å²) < 4.78 is 0. The van der Waals surface area contributed by atoms with Crippen LogP contribution in [0.3, 0.4) is 0 Å². The molecule has 0 aromatic carbocycles. The van der Waals surface area contributed by atoms with Crippen LogP contribution >= 0.6 is 0 Å². The van der Waals surface area contributed by atoms with Crippen LogP contribution in [0.25, 0.3) is 0 Å². The molecule has 0 bridgehead atoms. The summed E-state index contributed by atoms with van der Waals surface area (Å²) >= 11 is 0. The summed E-state index contributed by atoms with van der Waals surface area (Å²) in [4.78, 5) is 2.07. The zero-order valence-corrected chi connectivity index (χ0v) is 7.09. The number of hydrogen-bond acceptors (Lipinski definition) is 2. The SMILES string of the molecule is CCCC(C)N(C)CC#N. The molecule has 2 nitrogen and oxygen atoms in total. The van der Waals surface area contributed by atoms with E-state index in [1.165, 1.54) is 12.8 Å². The summed E-state index contributed by atoms with van der Waals surface area (Å²) in [7, 11) is 1.99. The fraction of sp³-hybridized carbons (Fsp3) is 0.875. The Balaban J connectivity index is 3.50. The third kappa shape index (κ3) is 3.47. The Morgan fingerprint density at radius 3 is 2.60 bits per heavy atom. The van der Waals surface area contributed by atoms with E-state index in [1.807, 2.05) is 7.05 Å². The van der Waals surface area contributed by atoms with Gasteiger partial charge in [-0.2, -0.15) is 5.26 Å². The molecule has 0 aliphatic rings. The average molecular weight is 140 g/mol. The lowest BCUT2D eigenvalue weighted by molar-refractivity contribution is 0.272. The molecule has 0 fully saturated rings. The van der Waals surface area contributed by atoms with Crippen LogP contribution in [0.2, 0.25) is 0 Å². The van der Waals surface area contributed by atoms with E-state index >= 15 is 0 Å². The van der Waals surface area contributed by atoms with Gasteiger partial charge in [-0.25, -0.2) is 0 Å². The van der Waals surface area contributed by atoms with Crippen molar-refractivity contribution in [1.82, 2.24) is 4.90 Å². The largest absolute Gasteiger partial charge is 0.291 e. The topological polar surface area (TPSA) is 27.0 Å². The lowest BCUT2D eigenvalue weighted by atomic mass is 10.2. The molecule has 0 radical (unpaired) electrons. The van der Waals surface area contributed by atoms with Crippen LogP contribution in [-0.4, -0.2) is 24.5 Å². The monoisotopic (exact) mass is 140 g/mol. The number of hydrogen-bond donors (Lipinski definition) is 0. The maximum absolute atomic E-state index is 8.36. The molecule has 0 saturated heterocycles. The molecule has 0 aliphatic heterocycles. The molecule has 2 heteroatoms. The van der Waals surface area contributed by atoms with E-state index < -0.39 is 0 Å². The van der Waals surface area contributed by atoms with Crippen molar-refractivity contribution in [3.63, 3.8) is 0 Å². The molecule has 0 rings (SSSR count). The van der Waals surface area contributed by atoms with Gasteiger partial charge < -0.3 is 0 Å². The first-order chi connectivity index (χ1) is 4.72. The van der Waals surface area contributed by atoms with Crippen LogP contribution in [0.1, 0.15) is 26.7 Å². The van der Waals surface area contributed by atoms with Crippen molar-refractivity contribution in [2.75, 3.05) is 13.6 Å². The normalized spacial score (nSPS) is 13.1. The molecule has 0 aromatic heterocycles. The van der Waals surface area contributed by atoms with E-state index in [2.05, 4.69) is 24.8 Å². The first-order valence-corrected chi connectivity index (χ1v) is 3.79. The van der Waals surface area contributed by atoms with E-state index in [9.17, 15) is 0 Å². The molecule has 10 heavy (non-hydrogen) atoms. The zero-order valence-electron chi connectivity index (χ0n) is 7.09. The van der Waals surface area contributed by atoms with Gasteiger partial charge in [-0.1, -0.05) is 13.3 Å². The molecule has 0 N–H and O–H groups in total. The van der Waals surface area contributed by atoms with Gasteiger partial charge in [0, 0.05) is 6.04 Å². The van der Waals surface area contributed by atoms with Gasteiger partial charge in [0.2, 0.25) is 0 Å². The Morgan fingerprint density at radius 1 is 1.60 bits per heavy atom. The Hall–Kier alpha value is -0.550. The molecule has 0 aromatic rings. The Kier molecular flexibility index (Phi) is 4.96. The molecular formula is C8H16N2. The van der Waals surface area contributed by atoms with Crippen LogP contribution in [0.15, 0.2) is 0 Å². The molecule has 58 valence electrons. The van der Waals surface area contributed by atoms with Crippen LogP contribution in [0, 0.1) is 11.3 Å². The summed E-state index contributed by atoms with van der Waals surface area (Å²) in [6.45, 7) is 4.86. The predicted molar refractivity (Wildman–Crippen MR) is 42.6 cm³/mol. The lowest BCUT2D eigenvalue weighted by Gasteiger charge is -2.20. The summed E-state index contributed by atoms with van der Waals surface area (Å²) in [6.07, 6.45) is 2.37. The van der Waals surface area contributed by atoms with Gasteiger partial charge in [0.25, 0.3) is 0 Å². The summed E-state index contributed by atoms with van der Waals surface area (Å²) in [6, 6.07) is 2.68. The fourth-order valence-corrected chi connectivity index (χ4v) is 0.906. The van der Waals surface area contributed by atoms with Crippen molar-refractivity contribution in [3.05, 3.63) is 0 Å². The van der Waals surface area contributed by atoms with Gasteiger partial charge in [-0.05, 0) is 20.4 Å². The maximum Gasteiger partial charge on any atom is 0.0865 e. The lowest BCUT2D eigenvalue weighted by Crippen LogP contribution is -2.28. The third-order valence-electron chi connectivity index (χ3n) is 1.78. The molecule has 0 spiro atoms. The summed E-state index contributed by atoms with van der Waals surface area (Å²) in [5, 5.41) is 8.36. The van der Waals surface area contributed by atoms with Gasteiger partial charge in [0.1, 0.15) is 0 Å². The third-order valence-corrected chi connectivity index (χ3v) is 1.78. The van der Waals surface area contributed by atoms with Gasteiger partial charge in [0.05, 0.1) is 12.6 Å². The second-order valence-corrected chi connectivity index (χ2v) is 2.71. The first-order valence-electron chi connectivity index (χ1n) is 3.79. The number of nitriles is 1. The number of nitrogens with zero attached hydrogens (tertiary/aromatic N) is 2. The van der Waals surface area contributed by atoms with Crippen LogP contribution in [0.5, 0.6) is 0 Å². The molecule has 0 saturated carbocycles. The maximum atomic E-state index is 8.36. The highest BCUT2D eigenvalue weighted by Gasteiger charge is 2.05. The van der Waals surface area contributed by atoms with E-state index in [0.29, 0.717) is 12.6 Å². The standard InChI is InChI=1S/C8H16N2/c1-4-5-8(2)10(3)7-6-9/h8H,4-5,7H2,1-3H3. The van der Waals surface area contributed by atoms with Gasteiger partial charge in [-0.3, -0.25) is 4.90 Å². The van der Waals surface area contributed by atoms with Gasteiger partial charge >= 0.3 is 0 Å². The summed E-state index contributed by atoms with van der Waals surface area (Å²) in [5.74, 6) is 0. The van der Waals surface area contributed by atoms with Crippen molar-refractivity contribution in [1.29, 1.82) is 5.26 Å². The molecular weight excluding hydrogens is 124 g/mol. The number of rotatable bonds is 4. The van der Waals surface area contributed by atoms with Gasteiger partial charge in [0.15, 0.2) is 0 Å². The Labute approximate surface area is 63.4 Å². The predicted octanol–water partition coefficient (Wildman–Crippen LogP) is 1.63. The second-order valence-electron chi connectivity index (χ2n) is 2.71.